The SMILES string of the molecule is CC1CC(C(=O)O[C@@H]2OC(CO[C@@H]3OC(CO)C(O[C@H]4OC(C)C(O)[C@H](O)[C@@H]4O)[C@@H](O)[C@@H]3O)C(O)[C@@H](O)[C@@H]2O)C2CCC3(C)C(=CCC4C3CC(O)C3C(C)(CO)C(O)C(O)CC43C)C2C1C. The van der Waals surface area contributed by atoms with Crippen LogP contribution in [0, 0.1) is 63.6 Å². The molecule has 8 aliphatic rings. The van der Waals surface area contributed by atoms with Crippen LogP contribution in [-0.4, -0.2) is 203 Å². The van der Waals surface area contributed by atoms with Gasteiger partial charge < -0.3 is 94.8 Å². The molecule has 20 heteroatoms. The van der Waals surface area contributed by atoms with E-state index in [1.54, 1.807) is 6.92 Å². The second kappa shape index (κ2) is 19.2. The Labute approximate surface area is 390 Å². The summed E-state index contributed by atoms with van der Waals surface area (Å²) >= 11 is 0. The summed E-state index contributed by atoms with van der Waals surface area (Å²) in [5, 5.41) is 141. The van der Waals surface area contributed by atoms with Gasteiger partial charge in [0.1, 0.15) is 67.1 Å². The normalized spacial score (nSPS) is 56.7. The Kier molecular flexibility index (Phi) is 14.8. The van der Waals surface area contributed by atoms with E-state index in [4.69, 9.17) is 28.4 Å². The maximum atomic E-state index is 14.4. The third-order valence-electron chi connectivity index (χ3n) is 18.7. The van der Waals surface area contributed by atoms with Gasteiger partial charge in [-0.25, -0.2) is 0 Å². The number of allylic oxidation sites excluding steroid dienone is 2. The lowest BCUT2D eigenvalue weighted by Gasteiger charge is -2.68. The monoisotopic (exact) mass is 960 g/mol. The van der Waals surface area contributed by atoms with Gasteiger partial charge in [-0.1, -0.05) is 46.3 Å². The number of carbonyl (C=O) groups is 1. The number of carbonyl (C=O) groups excluding carboxylic acids is 1. The van der Waals surface area contributed by atoms with Crippen molar-refractivity contribution in [2.45, 2.75) is 190 Å². The van der Waals surface area contributed by atoms with Crippen molar-refractivity contribution >= 4 is 5.97 Å². The van der Waals surface area contributed by atoms with Crippen LogP contribution in [0.4, 0.5) is 0 Å². The summed E-state index contributed by atoms with van der Waals surface area (Å²) in [6.45, 7) is 10.0. The van der Waals surface area contributed by atoms with Crippen LogP contribution in [0.25, 0.3) is 0 Å². The summed E-state index contributed by atoms with van der Waals surface area (Å²) in [4.78, 5) is 14.4. The molecular formula is C47H76O20. The number of hydrogen-bond acceptors (Lipinski definition) is 20. The number of esters is 1. The molecule has 20 nitrogen and oxygen atoms in total. The van der Waals surface area contributed by atoms with Crippen molar-refractivity contribution in [3.8, 4) is 0 Å². The maximum absolute atomic E-state index is 14.4. The lowest BCUT2D eigenvalue weighted by molar-refractivity contribution is -0.361. The standard InChI is InChI=1S/C47H76O20/c1-17-11-21(20-9-10-45(4)23(29(20)18(17)2)8-7-22-24(45)12-25(50)39-46(22,5)13-26(51)40(60)47(39,6)16-49)41(61)67-44-36(58)33(55)31(53)28(65-44)15-62-42-37(59)34(56)38(27(14-48)64-42)66-43-35(57)32(54)30(52)19(3)63-43/h8,17-22,24-40,42-44,48-60H,7,9-16H2,1-6H3/t17?,18?,19?,20?,21?,22?,24?,25?,26?,27?,28?,29?,30?,31?,32-,33+,34-,35-,36-,37-,38?,39?,40?,42+,43+,44-,45?,46?,47?/m0/s1. The molecule has 7 fully saturated rings. The van der Waals surface area contributed by atoms with Gasteiger partial charge in [0.05, 0.1) is 50.2 Å². The van der Waals surface area contributed by atoms with Gasteiger partial charge in [-0.15, -0.1) is 0 Å². The Morgan fingerprint density at radius 1 is 0.731 bits per heavy atom. The highest BCUT2D eigenvalue weighted by Gasteiger charge is 2.68. The second-order valence-corrected chi connectivity index (χ2v) is 22.4. The number of aliphatic hydroxyl groups is 13. The first-order valence-electron chi connectivity index (χ1n) is 24.3. The van der Waals surface area contributed by atoms with Crippen molar-refractivity contribution in [1.29, 1.82) is 0 Å². The van der Waals surface area contributed by atoms with E-state index in [1.807, 2.05) is 0 Å². The molecule has 20 unspecified atom stereocenters. The molecule has 0 radical (unpaired) electrons. The van der Waals surface area contributed by atoms with E-state index < -0.39 is 152 Å². The number of ether oxygens (including phenoxy) is 6. The van der Waals surface area contributed by atoms with Gasteiger partial charge in [0, 0.05) is 11.3 Å². The fourth-order valence-electron chi connectivity index (χ4n) is 14.8. The van der Waals surface area contributed by atoms with Crippen molar-refractivity contribution in [3.63, 3.8) is 0 Å². The first-order chi connectivity index (χ1) is 31.4. The molecule has 0 aromatic carbocycles. The van der Waals surface area contributed by atoms with Crippen molar-refractivity contribution in [2.75, 3.05) is 19.8 Å². The lowest BCUT2D eigenvalue weighted by atomic mass is 9.37. The Morgan fingerprint density at radius 2 is 1.37 bits per heavy atom. The van der Waals surface area contributed by atoms with E-state index >= 15 is 0 Å². The minimum Gasteiger partial charge on any atom is -0.432 e. The molecule has 67 heavy (non-hydrogen) atoms. The molecule has 29 atom stereocenters. The van der Waals surface area contributed by atoms with Crippen LogP contribution in [-0.2, 0) is 33.2 Å². The number of hydrogen-bond donors (Lipinski definition) is 13. The summed E-state index contributed by atoms with van der Waals surface area (Å²) in [6, 6.07) is 0. The average molecular weight is 961 g/mol. The Morgan fingerprint density at radius 3 is 2.04 bits per heavy atom. The van der Waals surface area contributed by atoms with Crippen LogP contribution in [0.3, 0.4) is 0 Å². The van der Waals surface area contributed by atoms with Crippen LogP contribution in [0.2, 0.25) is 0 Å². The molecule has 0 spiro atoms. The molecule has 3 heterocycles. The summed E-state index contributed by atoms with van der Waals surface area (Å²) in [5.41, 5.74) is -0.763. The van der Waals surface area contributed by atoms with Gasteiger partial charge in [0.2, 0.25) is 6.29 Å². The van der Waals surface area contributed by atoms with E-state index in [0.29, 0.717) is 38.5 Å². The smallest absolute Gasteiger partial charge is 0.311 e. The third kappa shape index (κ3) is 8.46. The minimum atomic E-state index is -1.87. The van der Waals surface area contributed by atoms with Crippen LogP contribution in [0.5, 0.6) is 0 Å². The second-order valence-electron chi connectivity index (χ2n) is 22.4. The zero-order valence-corrected chi connectivity index (χ0v) is 39.1. The number of fused-ring (bicyclic) bond motifs is 7. The molecule has 4 saturated carbocycles. The van der Waals surface area contributed by atoms with E-state index in [1.165, 1.54) is 12.5 Å². The fraction of sp³-hybridized carbons (Fsp3) is 0.936. The van der Waals surface area contributed by atoms with Gasteiger partial charge in [-0.2, -0.15) is 0 Å². The first kappa shape index (κ1) is 51.8. The summed E-state index contributed by atoms with van der Waals surface area (Å²) in [6.07, 6.45) is -21.8. The Balaban J connectivity index is 0.941. The molecular weight excluding hydrogens is 884 g/mol. The number of aliphatic hydroxyl groups excluding tert-OH is 13. The summed E-state index contributed by atoms with van der Waals surface area (Å²) in [7, 11) is 0. The highest BCUT2D eigenvalue weighted by atomic mass is 16.8. The zero-order valence-electron chi connectivity index (χ0n) is 39.1. The predicted octanol–water partition coefficient (Wildman–Crippen LogP) is -2.60. The Bertz CT molecular complexity index is 1790. The average Bonchev–Trinajstić information content (AvgIpc) is 3.29. The van der Waals surface area contributed by atoms with Crippen molar-refractivity contribution in [1.82, 2.24) is 0 Å². The van der Waals surface area contributed by atoms with Crippen molar-refractivity contribution in [3.05, 3.63) is 11.6 Å². The molecule has 13 N–H and O–H groups in total. The van der Waals surface area contributed by atoms with E-state index in [-0.39, 0.29) is 47.5 Å². The molecule has 8 rings (SSSR count). The topological polar surface area (TPSA) is 335 Å². The minimum absolute atomic E-state index is 0.0239. The molecule has 3 aliphatic heterocycles. The fourth-order valence-corrected chi connectivity index (χ4v) is 14.8. The van der Waals surface area contributed by atoms with Gasteiger partial charge in [0.15, 0.2) is 12.6 Å². The van der Waals surface area contributed by atoms with Crippen LogP contribution in [0.15, 0.2) is 11.6 Å². The molecule has 5 aliphatic carbocycles. The van der Waals surface area contributed by atoms with Crippen LogP contribution >= 0.6 is 0 Å². The van der Waals surface area contributed by atoms with Crippen LogP contribution in [0.1, 0.15) is 80.1 Å². The molecule has 384 valence electrons. The predicted molar refractivity (Wildman–Crippen MR) is 228 cm³/mol. The third-order valence-corrected chi connectivity index (χ3v) is 18.7. The zero-order chi connectivity index (χ0) is 49.0. The van der Waals surface area contributed by atoms with Gasteiger partial charge in [0.25, 0.3) is 0 Å². The number of rotatable bonds is 9. The highest BCUT2D eigenvalue weighted by Crippen LogP contribution is 2.70. The van der Waals surface area contributed by atoms with Crippen molar-refractivity contribution < 1.29 is 99.6 Å². The molecule has 3 saturated heterocycles. The quantitative estimate of drug-likeness (QED) is 0.0833. The van der Waals surface area contributed by atoms with E-state index in [0.717, 1.165) is 0 Å². The summed E-state index contributed by atoms with van der Waals surface area (Å²) in [5.74, 6) is -1.53. The van der Waals surface area contributed by atoms with Crippen LogP contribution < -0.4 is 0 Å². The lowest BCUT2D eigenvalue weighted by Crippen LogP contribution is -2.68. The highest BCUT2D eigenvalue weighted by molar-refractivity contribution is 5.73. The van der Waals surface area contributed by atoms with Gasteiger partial charge in [-0.3, -0.25) is 4.79 Å². The molecule has 0 aromatic heterocycles. The largest absolute Gasteiger partial charge is 0.432 e. The van der Waals surface area contributed by atoms with Crippen molar-refractivity contribution in [2.24, 2.45) is 63.6 Å². The summed E-state index contributed by atoms with van der Waals surface area (Å²) < 4.78 is 34.3. The first-order valence-corrected chi connectivity index (χ1v) is 24.3. The van der Waals surface area contributed by atoms with Gasteiger partial charge in [-0.05, 0) is 91.8 Å². The Hall–Kier alpha value is -1.51. The maximum Gasteiger partial charge on any atom is 0.311 e. The van der Waals surface area contributed by atoms with Gasteiger partial charge >= 0.3 is 5.97 Å². The molecule has 0 amide bonds. The molecule has 0 aromatic rings. The van der Waals surface area contributed by atoms with E-state index in [9.17, 15) is 71.2 Å². The molecule has 0 bridgehead atoms. The van der Waals surface area contributed by atoms with E-state index in [2.05, 4.69) is 33.8 Å².